The molecule has 1 aliphatic rings. The first-order chi connectivity index (χ1) is 13.2. The van der Waals surface area contributed by atoms with Gasteiger partial charge in [-0.15, -0.1) is 0 Å². The smallest absolute Gasteiger partial charge is 0.169 e. The number of rotatable bonds is 4. The molecule has 1 atom stereocenters. The van der Waals surface area contributed by atoms with Crippen LogP contribution in [0, 0.1) is 11.3 Å². The molecule has 1 aliphatic heterocycles. The molecule has 0 radical (unpaired) electrons. The van der Waals surface area contributed by atoms with Gasteiger partial charge in [0.15, 0.2) is 11.9 Å². The Morgan fingerprint density at radius 1 is 1.15 bits per heavy atom. The van der Waals surface area contributed by atoms with Crippen molar-refractivity contribution in [2.75, 3.05) is 6.61 Å². The quantitative estimate of drug-likeness (QED) is 0.711. The lowest BCUT2D eigenvalue weighted by molar-refractivity contribution is 0.0933. The summed E-state index contributed by atoms with van der Waals surface area (Å²) < 4.78 is 11.8. The number of ether oxygens (including phenoxy) is 2. The first-order valence-electron chi connectivity index (χ1n) is 8.47. The van der Waals surface area contributed by atoms with Crippen molar-refractivity contribution in [1.29, 1.82) is 5.26 Å². The highest BCUT2D eigenvalue weighted by Gasteiger charge is 2.22. The van der Waals surface area contributed by atoms with E-state index in [1.165, 1.54) is 6.33 Å². The Morgan fingerprint density at radius 3 is 2.74 bits per heavy atom. The fourth-order valence-electron chi connectivity index (χ4n) is 2.94. The molecule has 0 spiro atoms. The van der Waals surface area contributed by atoms with Gasteiger partial charge in [-0.25, -0.2) is 9.97 Å². The molecule has 132 valence electrons. The molecule has 0 fully saturated rings. The highest BCUT2D eigenvalue weighted by Crippen LogP contribution is 2.33. The van der Waals surface area contributed by atoms with Gasteiger partial charge in [-0.2, -0.15) is 5.26 Å². The van der Waals surface area contributed by atoms with Crippen LogP contribution in [0.4, 0.5) is 0 Å². The summed E-state index contributed by atoms with van der Waals surface area (Å²) in [6, 6.07) is 16.2. The number of benzene rings is 2. The van der Waals surface area contributed by atoms with Crippen LogP contribution in [0.5, 0.6) is 11.5 Å². The van der Waals surface area contributed by atoms with Gasteiger partial charge in [-0.1, -0.05) is 12.1 Å². The molecule has 2 aromatic carbocycles. The van der Waals surface area contributed by atoms with E-state index in [-0.39, 0.29) is 5.78 Å². The fraction of sp³-hybridized carbons (Fsp3) is 0.143. The van der Waals surface area contributed by atoms with Crippen LogP contribution in [-0.2, 0) is 0 Å². The Balaban J connectivity index is 1.69. The second-order valence-corrected chi connectivity index (χ2v) is 6.05. The molecule has 2 heterocycles. The van der Waals surface area contributed by atoms with E-state index in [4.69, 9.17) is 14.7 Å². The lowest BCUT2D eigenvalue weighted by Gasteiger charge is -2.21. The van der Waals surface area contributed by atoms with E-state index in [0.29, 0.717) is 41.3 Å². The first kappa shape index (κ1) is 16.7. The molecule has 6 nitrogen and oxygen atoms in total. The molecular formula is C21H15N3O3. The van der Waals surface area contributed by atoms with Crippen LogP contribution in [0.3, 0.4) is 0 Å². The predicted octanol–water partition coefficient (Wildman–Crippen LogP) is 3.48. The molecule has 0 amide bonds. The minimum absolute atomic E-state index is 0.0715. The lowest BCUT2D eigenvalue weighted by Crippen LogP contribution is -2.16. The summed E-state index contributed by atoms with van der Waals surface area (Å²) in [5, 5.41) is 9.01. The first-order valence-corrected chi connectivity index (χ1v) is 8.47. The van der Waals surface area contributed by atoms with Crippen LogP contribution >= 0.6 is 0 Å². The van der Waals surface area contributed by atoms with Gasteiger partial charge >= 0.3 is 0 Å². The number of nitrogens with zero attached hydrogens (tertiary/aromatic N) is 3. The van der Waals surface area contributed by atoms with Crippen LogP contribution in [0.2, 0.25) is 0 Å². The predicted molar refractivity (Wildman–Crippen MR) is 96.5 cm³/mol. The summed E-state index contributed by atoms with van der Waals surface area (Å²) in [5.41, 5.74) is 2.68. The van der Waals surface area contributed by atoms with E-state index >= 15 is 0 Å². The summed E-state index contributed by atoms with van der Waals surface area (Å²) in [7, 11) is 0. The van der Waals surface area contributed by atoms with Gasteiger partial charge < -0.3 is 9.47 Å². The zero-order valence-electron chi connectivity index (χ0n) is 14.3. The van der Waals surface area contributed by atoms with Crippen molar-refractivity contribution in [3.05, 3.63) is 83.4 Å². The Kier molecular flexibility index (Phi) is 4.50. The van der Waals surface area contributed by atoms with Gasteiger partial charge in [0.25, 0.3) is 0 Å². The summed E-state index contributed by atoms with van der Waals surface area (Å²) in [4.78, 5) is 20.2. The second kappa shape index (κ2) is 7.26. The van der Waals surface area contributed by atoms with Gasteiger partial charge in [-0.3, -0.25) is 4.79 Å². The van der Waals surface area contributed by atoms with Gasteiger partial charge in [-0.05, 0) is 35.9 Å². The number of carbonyl (C=O) groups is 1. The maximum Gasteiger partial charge on any atom is 0.169 e. The fourth-order valence-corrected chi connectivity index (χ4v) is 2.94. The SMILES string of the molecule is N#Cc1ccc(C(Oc2ccc3c(c2)OCCC3=O)c2ccncn2)cc1. The largest absolute Gasteiger partial charge is 0.492 e. The van der Waals surface area contributed by atoms with Crippen molar-refractivity contribution in [3.8, 4) is 17.6 Å². The Labute approximate surface area is 156 Å². The topological polar surface area (TPSA) is 85.1 Å². The molecule has 1 aromatic heterocycles. The average Bonchev–Trinajstić information content (AvgIpc) is 2.73. The number of hydrogen-bond acceptors (Lipinski definition) is 6. The molecule has 0 aliphatic carbocycles. The molecule has 0 bridgehead atoms. The number of Topliss-reactive ketones (excluding diaryl/α,β-unsaturated/α-hetero) is 1. The maximum absolute atomic E-state index is 12.0. The standard InChI is InChI=1S/C21H15N3O3/c22-12-14-1-3-15(4-2-14)21(18-7-9-23-13-24-18)27-16-5-6-17-19(25)8-10-26-20(17)11-16/h1-7,9,11,13,21H,8,10H2. The summed E-state index contributed by atoms with van der Waals surface area (Å²) in [6.07, 6.45) is 3.02. The second-order valence-electron chi connectivity index (χ2n) is 6.05. The average molecular weight is 357 g/mol. The molecule has 4 rings (SSSR count). The Morgan fingerprint density at radius 2 is 2.00 bits per heavy atom. The van der Waals surface area contributed by atoms with Crippen molar-refractivity contribution >= 4 is 5.78 Å². The third kappa shape index (κ3) is 3.48. The zero-order chi connectivity index (χ0) is 18.6. The van der Waals surface area contributed by atoms with Gasteiger partial charge in [0, 0.05) is 18.7 Å². The number of carbonyl (C=O) groups excluding carboxylic acids is 1. The molecule has 1 unspecified atom stereocenters. The summed E-state index contributed by atoms with van der Waals surface area (Å²) >= 11 is 0. The molecule has 0 saturated carbocycles. The number of aromatic nitrogens is 2. The van der Waals surface area contributed by atoms with Crippen LogP contribution in [-0.4, -0.2) is 22.4 Å². The third-order valence-electron chi connectivity index (χ3n) is 4.31. The Hall–Kier alpha value is -3.72. The van der Waals surface area contributed by atoms with Crippen LogP contribution in [0.1, 0.15) is 39.7 Å². The molecule has 0 N–H and O–H groups in total. The molecular weight excluding hydrogens is 342 g/mol. The molecule has 3 aromatic rings. The van der Waals surface area contributed by atoms with Gasteiger partial charge in [0.1, 0.15) is 17.8 Å². The third-order valence-corrected chi connectivity index (χ3v) is 4.31. The maximum atomic E-state index is 12.0. The minimum Gasteiger partial charge on any atom is -0.492 e. The number of hydrogen-bond donors (Lipinski definition) is 0. The highest BCUT2D eigenvalue weighted by molar-refractivity contribution is 5.99. The van der Waals surface area contributed by atoms with E-state index in [0.717, 1.165) is 5.56 Å². The van der Waals surface area contributed by atoms with E-state index in [1.807, 2.05) is 12.1 Å². The van der Waals surface area contributed by atoms with E-state index in [9.17, 15) is 4.79 Å². The van der Waals surface area contributed by atoms with Gasteiger partial charge in [0.05, 0.1) is 29.5 Å². The summed E-state index contributed by atoms with van der Waals surface area (Å²) in [6.45, 7) is 0.375. The van der Waals surface area contributed by atoms with Crippen molar-refractivity contribution < 1.29 is 14.3 Å². The number of ketones is 1. The number of nitriles is 1. The van der Waals surface area contributed by atoms with Crippen LogP contribution in [0.15, 0.2) is 61.1 Å². The monoisotopic (exact) mass is 357 g/mol. The number of fused-ring (bicyclic) bond motifs is 1. The van der Waals surface area contributed by atoms with Crippen molar-refractivity contribution in [3.63, 3.8) is 0 Å². The zero-order valence-corrected chi connectivity index (χ0v) is 14.3. The van der Waals surface area contributed by atoms with E-state index in [2.05, 4.69) is 16.0 Å². The van der Waals surface area contributed by atoms with Crippen molar-refractivity contribution in [2.24, 2.45) is 0 Å². The van der Waals surface area contributed by atoms with Crippen molar-refractivity contribution in [2.45, 2.75) is 12.5 Å². The lowest BCUT2D eigenvalue weighted by atomic mass is 10.0. The minimum atomic E-state index is -0.488. The molecule has 0 saturated heterocycles. The van der Waals surface area contributed by atoms with Crippen LogP contribution < -0.4 is 9.47 Å². The van der Waals surface area contributed by atoms with E-state index in [1.54, 1.807) is 42.6 Å². The van der Waals surface area contributed by atoms with Crippen molar-refractivity contribution in [1.82, 2.24) is 9.97 Å². The van der Waals surface area contributed by atoms with E-state index < -0.39 is 6.10 Å². The summed E-state index contributed by atoms with van der Waals surface area (Å²) in [5.74, 6) is 1.17. The Bertz CT molecular complexity index is 1010. The molecule has 6 heteroatoms. The van der Waals surface area contributed by atoms with Gasteiger partial charge in [0.2, 0.25) is 0 Å². The molecule has 27 heavy (non-hydrogen) atoms. The van der Waals surface area contributed by atoms with Crippen LogP contribution in [0.25, 0.3) is 0 Å². The highest BCUT2D eigenvalue weighted by atomic mass is 16.5. The normalized spacial score (nSPS) is 13.8.